The summed E-state index contributed by atoms with van der Waals surface area (Å²) in [6.07, 6.45) is 40.4. The topological polar surface area (TPSA) is 307 Å². The molecule has 3 heterocycles. The van der Waals surface area contributed by atoms with Gasteiger partial charge in [0, 0.05) is 6.42 Å². The summed E-state index contributed by atoms with van der Waals surface area (Å²) in [7, 11) is 0. The summed E-state index contributed by atoms with van der Waals surface area (Å²) in [5, 5.41) is 120. The van der Waals surface area contributed by atoms with Crippen LogP contribution in [0.15, 0.2) is 134 Å². The number of aliphatic hydroxyl groups excluding tert-OH is 11. The van der Waals surface area contributed by atoms with E-state index in [1.54, 1.807) is 6.08 Å². The molecule has 0 aliphatic carbocycles. The van der Waals surface area contributed by atoms with Gasteiger partial charge in [-0.1, -0.05) is 180 Å². The highest BCUT2D eigenvalue weighted by Gasteiger charge is 2.53. The monoisotopic (exact) mass is 1230 g/mol. The Hall–Kier alpha value is -4.07. The Balaban J connectivity index is 1.39. The third-order valence-corrected chi connectivity index (χ3v) is 14.9. The van der Waals surface area contributed by atoms with Crippen LogP contribution < -0.4 is 5.32 Å². The zero-order valence-corrected chi connectivity index (χ0v) is 51.7. The SMILES string of the molecule is CC/C=C\C/C=C\C/C=C\C/C=C\C/C=C\C/C=C\C/C=C\C/C=C\C/C=C\CCCCCCCC(=O)NC(COC1OC(CO)C(OC2OC(CO)C(OC3OC(CO)C(O)C(O)C3O)C(O)C2O)C(O)C1O)C(O)/C=C/CC/C=C/CCCCC. The van der Waals surface area contributed by atoms with E-state index in [4.69, 9.17) is 28.4 Å². The van der Waals surface area contributed by atoms with Gasteiger partial charge in [-0.25, -0.2) is 0 Å². The molecule has 17 atom stereocenters. The van der Waals surface area contributed by atoms with E-state index in [1.165, 1.54) is 6.42 Å². The molecule has 3 aliphatic heterocycles. The first-order valence-corrected chi connectivity index (χ1v) is 31.9. The predicted molar refractivity (Wildman–Crippen MR) is 336 cm³/mol. The number of allylic oxidation sites excluding steroid dienone is 21. The Morgan fingerprint density at radius 2 is 0.805 bits per heavy atom. The molecule has 3 aliphatic rings. The van der Waals surface area contributed by atoms with Crippen molar-refractivity contribution in [3.05, 3.63) is 134 Å². The van der Waals surface area contributed by atoms with Gasteiger partial charge in [-0.2, -0.15) is 0 Å². The van der Waals surface area contributed by atoms with Gasteiger partial charge in [0.05, 0.1) is 38.6 Å². The molecule has 0 saturated carbocycles. The molecule has 1 amide bonds. The van der Waals surface area contributed by atoms with Crippen LogP contribution in [-0.2, 0) is 33.2 Å². The first-order valence-electron chi connectivity index (χ1n) is 31.9. The lowest BCUT2D eigenvalue weighted by atomic mass is 9.96. The van der Waals surface area contributed by atoms with Crippen molar-refractivity contribution in [1.29, 1.82) is 0 Å². The summed E-state index contributed by atoms with van der Waals surface area (Å²) in [6, 6.07) is -1.01. The molecule has 87 heavy (non-hydrogen) atoms. The van der Waals surface area contributed by atoms with Crippen LogP contribution in [0.3, 0.4) is 0 Å². The van der Waals surface area contributed by atoms with E-state index >= 15 is 0 Å². The summed E-state index contributed by atoms with van der Waals surface area (Å²) in [6.45, 7) is 1.47. The van der Waals surface area contributed by atoms with Crippen molar-refractivity contribution < 1.29 is 89.4 Å². The lowest BCUT2D eigenvalue weighted by Crippen LogP contribution is -2.66. The van der Waals surface area contributed by atoms with E-state index in [0.717, 1.165) is 116 Å². The van der Waals surface area contributed by atoms with Gasteiger partial charge < -0.3 is 89.9 Å². The lowest BCUT2D eigenvalue weighted by molar-refractivity contribution is -0.379. The van der Waals surface area contributed by atoms with Gasteiger partial charge in [0.1, 0.15) is 73.2 Å². The number of rotatable bonds is 45. The van der Waals surface area contributed by atoms with Crippen LogP contribution >= 0.6 is 0 Å². The Kier molecular flexibility index (Phi) is 43.2. The van der Waals surface area contributed by atoms with E-state index < -0.39 is 124 Å². The summed E-state index contributed by atoms with van der Waals surface area (Å²) < 4.78 is 34.1. The molecule has 0 radical (unpaired) electrons. The molecule has 0 aromatic rings. The quantitative estimate of drug-likeness (QED) is 0.0215. The van der Waals surface area contributed by atoms with Crippen LogP contribution in [0.5, 0.6) is 0 Å². The zero-order valence-electron chi connectivity index (χ0n) is 51.7. The standard InChI is InChI=1S/C68H109NO18/c1-3-5-7-9-11-13-14-15-16-17-18-19-20-21-22-23-24-25-26-27-28-29-30-31-32-33-34-35-36-38-40-42-44-46-56(74)69-51(52(73)45-43-41-39-37-12-10-8-6-4-2)50-82-66-62(80)59(77)64(54(48-71)84-66)87-68-63(81)60(78)65(55(49-72)85-68)86-67-61(79)58(76)57(75)53(47-70)83-67/h5,7,11-13,15-16,18-19,21-22,24-25,27-28,30-31,33-34,37,43,45,51-55,57-68,70-73,75-81H,3-4,6,8-10,14,17,20,23,26,29,32,35-36,38-42,44,46-50H2,1-2H3,(H,69,74)/b7-5-,13-11-,16-15-,19-18-,22-21-,25-24-,28-27-,31-30-,34-33-,37-12+,45-43+. The van der Waals surface area contributed by atoms with E-state index in [9.17, 15) is 61.0 Å². The van der Waals surface area contributed by atoms with E-state index in [0.29, 0.717) is 12.8 Å². The molecule has 12 N–H and O–H groups in total. The van der Waals surface area contributed by atoms with E-state index in [1.807, 2.05) is 6.08 Å². The second-order valence-electron chi connectivity index (χ2n) is 22.1. The van der Waals surface area contributed by atoms with Gasteiger partial charge in [0.15, 0.2) is 18.9 Å². The number of carbonyl (C=O) groups is 1. The first-order chi connectivity index (χ1) is 42.3. The fourth-order valence-corrected chi connectivity index (χ4v) is 9.72. The Morgan fingerprint density at radius 3 is 1.29 bits per heavy atom. The number of nitrogens with one attached hydrogen (secondary N) is 1. The second kappa shape index (κ2) is 48.7. The molecule has 0 aromatic carbocycles. The summed E-state index contributed by atoms with van der Waals surface area (Å²) in [4.78, 5) is 13.3. The predicted octanol–water partition coefficient (Wildman–Crippen LogP) is 7.04. The number of hydrogen-bond acceptors (Lipinski definition) is 18. The van der Waals surface area contributed by atoms with Crippen LogP contribution in [0.4, 0.5) is 0 Å². The van der Waals surface area contributed by atoms with Crippen LogP contribution in [0, 0.1) is 0 Å². The van der Waals surface area contributed by atoms with Gasteiger partial charge >= 0.3 is 0 Å². The molecule has 3 fully saturated rings. The number of amides is 1. The second-order valence-corrected chi connectivity index (χ2v) is 22.1. The number of aliphatic hydroxyl groups is 11. The van der Waals surface area contributed by atoms with Crippen molar-refractivity contribution in [2.24, 2.45) is 0 Å². The zero-order chi connectivity index (χ0) is 63.3. The van der Waals surface area contributed by atoms with Crippen LogP contribution in [0.2, 0.25) is 0 Å². The van der Waals surface area contributed by atoms with E-state index in [-0.39, 0.29) is 18.9 Å². The summed E-state index contributed by atoms with van der Waals surface area (Å²) in [5.41, 5.74) is 0. The highest BCUT2D eigenvalue weighted by Crippen LogP contribution is 2.33. The van der Waals surface area contributed by atoms with Crippen LogP contribution in [0.25, 0.3) is 0 Å². The maximum atomic E-state index is 13.3. The molecule has 3 rings (SSSR count). The molecule has 17 unspecified atom stereocenters. The molecule has 0 spiro atoms. The van der Waals surface area contributed by atoms with Crippen molar-refractivity contribution in [2.45, 2.75) is 259 Å². The fourth-order valence-electron chi connectivity index (χ4n) is 9.72. The summed E-state index contributed by atoms with van der Waals surface area (Å²) >= 11 is 0. The number of hydrogen-bond donors (Lipinski definition) is 12. The molecule has 0 aromatic heterocycles. The largest absolute Gasteiger partial charge is 0.394 e. The summed E-state index contributed by atoms with van der Waals surface area (Å²) in [5.74, 6) is -0.315. The van der Waals surface area contributed by atoms with Crippen molar-refractivity contribution in [2.75, 3.05) is 26.4 Å². The van der Waals surface area contributed by atoms with Crippen molar-refractivity contribution in [3.63, 3.8) is 0 Å². The van der Waals surface area contributed by atoms with Crippen LogP contribution in [0.1, 0.15) is 155 Å². The Labute approximate surface area is 518 Å². The minimum atomic E-state index is -1.99. The minimum absolute atomic E-state index is 0.202. The van der Waals surface area contributed by atoms with Gasteiger partial charge in [0.2, 0.25) is 5.91 Å². The average molecular weight is 1230 g/mol. The first kappa shape index (κ1) is 77.2. The third kappa shape index (κ3) is 31.5. The lowest BCUT2D eigenvalue weighted by Gasteiger charge is -2.48. The molecule has 0 bridgehead atoms. The number of unbranched alkanes of at least 4 members (excludes halogenated alkanes) is 9. The Morgan fingerprint density at radius 1 is 0.425 bits per heavy atom. The average Bonchev–Trinajstić information content (AvgIpc) is 1.04. The third-order valence-electron chi connectivity index (χ3n) is 14.9. The van der Waals surface area contributed by atoms with Crippen molar-refractivity contribution in [3.8, 4) is 0 Å². The maximum absolute atomic E-state index is 13.3. The molecule has 19 nitrogen and oxygen atoms in total. The van der Waals surface area contributed by atoms with Crippen molar-refractivity contribution in [1.82, 2.24) is 5.32 Å². The smallest absolute Gasteiger partial charge is 0.220 e. The van der Waals surface area contributed by atoms with E-state index in [2.05, 4.69) is 141 Å². The molecule has 19 heteroatoms. The Bertz CT molecular complexity index is 2100. The van der Waals surface area contributed by atoms with Crippen molar-refractivity contribution >= 4 is 5.91 Å². The molecule has 494 valence electrons. The number of carbonyl (C=O) groups excluding carboxylic acids is 1. The maximum Gasteiger partial charge on any atom is 0.220 e. The molecule has 3 saturated heterocycles. The number of ether oxygens (including phenoxy) is 6. The van der Waals surface area contributed by atoms with Gasteiger partial charge in [-0.15, -0.1) is 0 Å². The van der Waals surface area contributed by atoms with Crippen LogP contribution in [-0.4, -0.2) is 193 Å². The minimum Gasteiger partial charge on any atom is -0.394 e. The van der Waals surface area contributed by atoms with Gasteiger partial charge in [-0.05, 0) is 103 Å². The highest BCUT2D eigenvalue weighted by molar-refractivity contribution is 5.76. The fraction of sp³-hybridized carbons (Fsp3) is 0.662. The highest BCUT2D eigenvalue weighted by atomic mass is 16.8. The van der Waals surface area contributed by atoms with Gasteiger partial charge in [-0.3, -0.25) is 4.79 Å². The normalized spacial score (nSPS) is 29.5. The molecular weight excluding hydrogens is 1120 g/mol. The molecular formula is C68H109NO18. The van der Waals surface area contributed by atoms with Gasteiger partial charge in [0.25, 0.3) is 0 Å².